The molecule has 0 saturated carbocycles. The summed E-state index contributed by atoms with van der Waals surface area (Å²) in [6.07, 6.45) is -0.701. The molecule has 1 atom stereocenters. The van der Waals surface area contributed by atoms with Crippen LogP contribution in [0, 0.1) is 0 Å². The standard InChI is InChI=1S/C24H21BrN2O5S/c1-27(23-20-12-6-8-14-22(20)33(29,30)26-23)15-18(16-31-17-9-3-2-4-10-17)32-24(28)19-11-5-7-13-21(19)25/h2-14,18H,15-16H2,1H3/t18-/m1/s1. The maximum absolute atomic E-state index is 12.8. The second-order valence-corrected chi connectivity index (χ2v) is 9.82. The fourth-order valence-corrected chi connectivity index (χ4v) is 5.13. The summed E-state index contributed by atoms with van der Waals surface area (Å²) in [7, 11) is -2.05. The number of amidine groups is 1. The van der Waals surface area contributed by atoms with Crippen molar-refractivity contribution in [3.8, 4) is 5.75 Å². The highest BCUT2D eigenvalue weighted by atomic mass is 79.9. The Hall–Kier alpha value is -3.17. The lowest BCUT2D eigenvalue weighted by Crippen LogP contribution is -2.39. The average molecular weight is 529 g/mol. The molecule has 1 aliphatic rings. The van der Waals surface area contributed by atoms with Crippen molar-refractivity contribution in [1.82, 2.24) is 4.90 Å². The smallest absolute Gasteiger partial charge is 0.339 e. The van der Waals surface area contributed by atoms with E-state index in [4.69, 9.17) is 9.47 Å². The Morgan fingerprint density at radius 2 is 1.67 bits per heavy atom. The van der Waals surface area contributed by atoms with Crippen LogP contribution in [-0.2, 0) is 14.8 Å². The van der Waals surface area contributed by atoms with Gasteiger partial charge in [0.2, 0.25) is 0 Å². The van der Waals surface area contributed by atoms with Gasteiger partial charge in [-0.1, -0.05) is 42.5 Å². The molecule has 0 fully saturated rings. The minimum Gasteiger partial charge on any atom is -0.490 e. The summed E-state index contributed by atoms with van der Waals surface area (Å²) in [4.78, 5) is 14.7. The third-order valence-corrected chi connectivity index (χ3v) is 7.01. The molecule has 1 aliphatic heterocycles. The van der Waals surface area contributed by atoms with Crippen LogP contribution in [0.25, 0.3) is 0 Å². The van der Waals surface area contributed by atoms with E-state index in [1.807, 2.05) is 18.2 Å². The van der Waals surface area contributed by atoms with Crippen molar-refractivity contribution in [2.75, 3.05) is 20.2 Å². The summed E-state index contributed by atoms with van der Waals surface area (Å²) in [6.45, 7) is 0.248. The molecule has 0 N–H and O–H groups in total. The van der Waals surface area contributed by atoms with Crippen LogP contribution < -0.4 is 4.74 Å². The van der Waals surface area contributed by atoms with E-state index in [2.05, 4.69) is 20.3 Å². The van der Waals surface area contributed by atoms with Crippen molar-refractivity contribution in [2.45, 2.75) is 11.0 Å². The highest BCUT2D eigenvalue weighted by molar-refractivity contribution is 9.10. The van der Waals surface area contributed by atoms with Gasteiger partial charge in [-0.25, -0.2) is 4.79 Å². The monoisotopic (exact) mass is 528 g/mol. The van der Waals surface area contributed by atoms with Gasteiger partial charge in [-0.2, -0.15) is 8.42 Å². The molecule has 33 heavy (non-hydrogen) atoms. The highest BCUT2D eigenvalue weighted by Gasteiger charge is 2.32. The predicted molar refractivity (Wildman–Crippen MR) is 128 cm³/mol. The average Bonchev–Trinajstić information content (AvgIpc) is 3.09. The van der Waals surface area contributed by atoms with Crippen molar-refractivity contribution < 1.29 is 22.7 Å². The molecule has 0 amide bonds. The third-order valence-electron chi connectivity index (χ3n) is 5.00. The molecule has 0 saturated heterocycles. The van der Waals surface area contributed by atoms with E-state index in [9.17, 15) is 13.2 Å². The first kappa shape index (κ1) is 23.0. The first-order valence-corrected chi connectivity index (χ1v) is 12.4. The molecule has 0 radical (unpaired) electrons. The van der Waals surface area contributed by atoms with Crippen LogP contribution in [0.2, 0.25) is 0 Å². The van der Waals surface area contributed by atoms with Gasteiger partial charge in [-0.05, 0) is 52.3 Å². The Bertz CT molecular complexity index is 1290. The van der Waals surface area contributed by atoms with E-state index in [0.717, 1.165) is 0 Å². The number of ether oxygens (including phenoxy) is 2. The molecule has 1 heterocycles. The van der Waals surface area contributed by atoms with Gasteiger partial charge in [-0.3, -0.25) is 0 Å². The summed E-state index contributed by atoms with van der Waals surface area (Å²) in [5.41, 5.74) is 0.899. The molecule has 0 spiro atoms. The number of likely N-dealkylation sites (N-methyl/N-ethyl adjacent to an activating group) is 1. The third kappa shape index (κ3) is 5.26. The molecule has 9 heteroatoms. The van der Waals surface area contributed by atoms with Crippen LogP contribution in [-0.4, -0.2) is 51.4 Å². The van der Waals surface area contributed by atoms with Gasteiger partial charge in [0, 0.05) is 17.1 Å². The topological polar surface area (TPSA) is 85.3 Å². The largest absolute Gasteiger partial charge is 0.490 e. The van der Waals surface area contributed by atoms with Crippen LogP contribution in [0.3, 0.4) is 0 Å². The summed E-state index contributed by atoms with van der Waals surface area (Å²) in [5.74, 6) is 0.416. The number of halogens is 1. The number of esters is 1. The number of hydrogen-bond donors (Lipinski definition) is 0. The summed E-state index contributed by atoms with van der Waals surface area (Å²) >= 11 is 3.37. The number of para-hydroxylation sites is 1. The van der Waals surface area contributed by atoms with Crippen LogP contribution >= 0.6 is 15.9 Å². The Labute approximate surface area is 200 Å². The van der Waals surface area contributed by atoms with Crippen molar-refractivity contribution in [3.63, 3.8) is 0 Å². The maximum Gasteiger partial charge on any atom is 0.339 e. The zero-order valence-corrected chi connectivity index (χ0v) is 20.1. The molecule has 4 rings (SSSR count). The molecule has 0 unspecified atom stereocenters. The number of carbonyl (C=O) groups is 1. The number of nitrogens with zero attached hydrogens (tertiary/aromatic N) is 2. The maximum atomic E-state index is 12.8. The normalized spacial score (nSPS) is 14.7. The lowest BCUT2D eigenvalue weighted by atomic mass is 10.2. The van der Waals surface area contributed by atoms with Gasteiger partial charge < -0.3 is 14.4 Å². The van der Waals surface area contributed by atoms with E-state index >= 15 is 0 Å². The van der Waals surface area contributed by atoms with Crippen molar-refractivity contribution in [1.29, 1.82) is 0 Å². The van der Waals surface area contributed by atoms with Gasteiger partial charge in [-0.15, -0.1) is 4.40 Å². The number of sulfonamides is 1. The zero-order chi connectivity index (χ0) is 23.4. The first-order valence-electron chi connectivity index (χ1n) is 10.1. The van der Waals surface area contributed by atoms with Gasteiger partial charge in [0.25, 0.3) is 10.0 Å². The molecule has 0 aliphatic carbocycles. The van der Waals surface area contributed by atoms with Crippen LogP contribution in [0.4, 0.5) is 0 Å². The lowest BCUT2D eigenvalue weighted by molar-refractivity contribution is 0.0129. The fraction of sp³-hybridized carbons (Fsp3) is 0.167. The van der Waals surface area contributed by atoms with Crippen molar-refractivity contribution in [3.05, 3.63) is 94.5 Å². The number of benzene rings is 3. The highest BCUT2D eigenvalue weighted by Crippen LogP contribution is 2.27. The van der Waals surface area contributed by atoms with Crippen molar-refractivity contribution in [2.24, 2.45) is 4.40 Å². The van der Waals surface area contributed by atoms with E-state index in [-0.39, 0.29) is 18.0 Å². The molecular formula is C24H21BrN2O5S. The number of hydrogen-bond acceptors (Lipinski definition) is 6. The number of fused-ring (bicyclic) bond motifs is 1. The molecule has 0 bridgehead atoms. The molecule has 3 aromatic carbocycles. The first-order chi connectivity index (χ1) is 15.8. The van der Waals surface area contributed by atoms with E-state index in [1.54, 1.807) is 66.5 Å². The van der Waals surface area contributed by atoms with Crippen LogP contribution in [0.15, 0.2) is 92.6 Å². The van der Waals surface area contributed by atoms with Gasteiger partial charge in [0.1, 0.15) is 17.3 Å². The van der Waals surface area contributed by atoms with Crippen LogP contribution in [0.1, 0.15) is 15.9 Å². The summed E-state index contributed by atoms with van der Waals surface area (Å²) in [6, 6.07) is 22.8. The predicted octanol–water partition coefficient (Wildman–Crippen LogP) is 4.13. The summed E-state index contributed by atoms with van der Waals surface area (Å²) in [5, 5.41) is 0. The second-order valence-electron chi connectivity index (χ2n) is 7.40. The quantitative estimate of drug-likeness (QED) is 0.428. The van der Waals surface area contributed by atoms with Gasteiger partial charge in [0.15, 0.2) is 11.9 Å². The zero-order valence-electron chi connectivity index (χ0n) is 17.7. The van der Waals surface area contributed by atoms with Gasteiger partial charge in [0.05, 0.1) is 12.1 Å². The number of carbonyl (C=O) groups excluding carboxylic acids is 1. The molecular weight excluding hydrogens is 508 g/mol. The molecule has 7 nitrogen and oxygen atoms in total. The SMILES string of the molecule is CN(C[C@H](COc1ccccc1)OC(=O)c1ccccc1Br)C1=NS(=O)(=O)c2ccccc21. The van der Waals surface area contributed by atoms with E-state index < -0.39 is 22.1 Å². The Kier molecular flexibility index (Phi) is 6.80. The Balaban J connectivity index is 1.55. The van der Waals surface area contributed by atoms with E-state index in [1.165, 1.54) is 6.07 Å². The molecule has 0 aromatic heterocycles. The fourth-order valence-electron chi connectivity index (χ4n) is 3.43. The minimum atomic E-state index is -3.76. The van der Waals surface area contributed by atoms with Crippen LogP contribution in [0.5, 0.6) is 5.75 Å². The lowest BCUT2D eigenvalue weighted by Gasteiger charge is -2.26. The molecule has 3 aromatic rings. The number of rotatable bonds is 7. The van der Waals surface area contributed by atoms with E-state index in [0.29, 0.717) is 27.2 Å². The second kappa shape index (κ2) is 9.76. The van der Waals surface area contributed by atoms with Gasteiger partial charge >= 0.3 is 5.97 Å². The Morgan fingerprint density at radius 1 is 1.00 bits per heavy atom. The van der Waals surface area contributed by atoms with Crippen molar-refractivity contribution >= 4 is 37.8 Å². The molecule has 170 valence electrons. The summed E-state index contributed by atoms with van der Waals surface area (Å²) < 4.78 is 41.0. The minimum absolute atomic E-state index is 0.0756. The Morgan fingerprint density at radius 3 is 2.42 bits per heavy atom.